The monoisotopic (exact) mass is 235 g/mol. The molecule has 2 nitrogen and oxygen atoms in total. The van der Waals surface area contributed by atoms with Gasteiger partial charge in [-0.1, -0.05) is 30.3 Å². The molecule has 1 aromatic rings. The summed E-state index contributed by atoms with van der Waals surface area (Å²) in [5, 5.41) is 0. The zero-order valence-corrected chi connectivity index (χ0v) is 11.8. The van der Waals surface area contributed by atoms with Gasteiger partial charge >= 0.3 is 0 Å². The van der Waals surface area contributed by atoms with Gasteiger partial charge in [0.15, 0.2) is 0 Å². The molecule has 0 unspecified atom stereocenters. The van der Waals surface area contributed by atoms with Crippen LogP contribution >= 0.6 is 0 Å². The van der Waals surface area contributed by atoms with Gasteiger partial charge in [0.2, 0.25) is 8.32 Å². The van der Waals surface area contributed by atoms with E-state index < -0.39 is 8.32 Å². The zero-order chi connectivity index (χ0) is 12.2. The van der Waals surface area contributed by atoms with Crippen LogP contribution in [0.25, 0.3) is 5.76 Å². The average Bonchev–Trinajstić information content (AvgIpc) is 2.15. The van der Waals surface area contributed by atoms with Crippen molar-refractivity contribution < 1.29 is 4.43 Å². The van der Waals surface area contributed by atoms with Crippen LogP contribution in [0.15, 0.2) is 36.5 Å². The van der Waals surface area contributed by atoms with Crippen molar-refractivity contribution in [2.24, 2.45) is 0 Å². The standard InChI is InChI=1S/C13H21NOSi/c1-14(2)11-13(15-16(3,4)5)12-9-7-6-8-10-12/h6-11H,1-5H3. The topological polar surface area (TPSA) is 12.5 Å². The van der Waals surface area contributed by atoms with Gasteiger partial charge < -0.3 is 9.33 Å². The first kappa shape index (κ1) is 12.8. The molecule has 0 aliphatic carbocycles. The Morgan fingerprint density at radius 3 is 2.12 bits per heavy atom. The molecular weight excluding hydrogens is 214 g/mol. The van der Waals surface area contributed by atoms with E-state index in [-0.39, 0.29) is 0 Å². The number of hydrogen-bond acceptors (Lipinski definition) is 2. The molecule has 0 spiro atoms. The van der Waals surface area contributed by atoms with E-state index in [0.717, 1.165) is 11.3 Å². The summed E-state index contributed by atoms with van der Waals surface area (Å²) in [4.78, 5) is 2.02. The molecule has 88 valence electrons. The normalized spacial score (nSPS) is 12.4. The molecule has 0 fully saturated rings. The molecule has 1 aromatic carbocycles. The lowest BCUT2D eigenvalue weighted by Gasteiger charge is -2.23. The first-order chi connectivity index (χ1) is 7.38. The molecule has 0 heterocycles. The van der Waals surface area contributed by atoms with Crippen LogP contribution in [0.1, 0.15) is 5.56 Å². The van der Waals surface area contributed by atoms with E-state index in [1.807, 2.05) is 43.4 Å². The molecule has 16 heavy (non-hydrogen) atoms. The van der Waals surface area contributed by atoms with Gasteiger partial charge in [-0.3, -0.25) is 0 Å². The highest BCUT2D eigenvalue weighted by atomic mass is 28.4. The molecule has 0 N–H and O–H groups in total. The molecule has 0 amide bonds. The lowest BCUT2D eigenvalue weighted by atomic mass is 10.2. The SMILES string of the molecule is CN(C)C=C(O[Si](C)(C)C)c1ccccc1. The average molecular weight is 235 g/mol. The summed E-state index contributed by atoms with van der Waals surface area (Å²) in [7, 11) is 2.46. The Kier molecular flexibility index (Phi) is 4.18. The van der Waals surface area contributed by atoms with E-state index in [4.69, 9.17) is 4.43 Å². The Bertz CT molecular complexity index is 352. The molecule has 0 saturated heterocycles. The van der Waals surface area contributed by atoms with E-state index >= 15 is 0 Å². The Labute approximate surface area is 99.7 Å². The summed E-state index contributed by atoms with van der Waals surface area (Å²) < 4.78 is 6.09. The maximum atomic E-state index is 6.09. The highest BCUT2D eigenvalue weighted by molar-refractivity contribution is 6.70. The van der Waals surface area contributed by atoms with Crippen LogP contribution in [0.2, 0.25) is 19.6 Å². The predicted molar refractivity (Wildman–Crippen MR) is 72.5 cm³/mol. The molecule has 0 atom stereocenters. The Hall–Kier alpha value is -1.22. The van der Waals surface area contributed by atoms with Crippen molar-refractivity contribution in [3.63, 3.8) is 0 Å². The van der Waals surface area contributed by atoms with Gasteiger partial charge in [0.05, 0.1) is 0 Å². The van der Waals surface area contributed by atoms with Crippen molar-refractivity contribution in [2.45, 2.75) is 19.6 Å². The van der Waals surface area contributed by atoms with Gasteiger partial charge in [0.25, 0.3) is 0 Å². The van der Waals surface area contributed by atoms with Crippen molar-refractivity contribution in [3.8, 4) is 0 Å². The number of benzene rings is 1. The zero-order valence-electron chi connectivity index (χ0n) is 10.8. The van der Waals surface area contributed by atoms with Crippen molar-refractivity contribution in [1.29, 1.82) is 0 Å². The number of hydrogen-bond donors (Lipinski definition) is 0. The predicted octanol–water partition coefficient (Wildman–Crippen LogP) is 3.40. The summed E-state index contributed by atoms with van der Waals surface area (Å²) in [6, 6.07) is 10.2. The van der Waals surface area contributed by atoms with Crippen molar-refractivity contribution in [1.82, 2.24) is 4.90 Å². The summed E-state index contributed by atoms with van der Waals surface area (Å²) in [5.74, 6) is 0.963. The van der Waals surface area contributed by atoms with E-state index in [9.17, 15) is 0 Å². The summed E-state index contributed by atoms with van der Waals surface area (Å²) in [5.41, 5.74) is 1.14. The van der Waals surface area contributed by atoms with E-state index in [1.54, 1.807) is 0 Å². The van der Waals surface area contributed by atoms with Crippen LogP contribution in [0.3, 0.4) is 0 Å². The Balaban J connectivity index is 2.98. The smallest absolute Gasteiger partial charge is 0.242 e. The minimum atomic E-state index is -1.56. The Morgan fingerprint density at radius 1 is 1.12 bits per heavy atom. The molecule has 0 aliphatic heterocycles. The molecule has 1 rings (SSSR count). The Morgan fingerprint density at radius 2 is 1.69 bits per heavy atom. The molecule has 3 heteroatoms. The minimum Gasteiger partial charge on any atom is -0.543 e. The van der Waals surface area contributed by atoms with E-state index in [2.05, 4.69) is 31.8 Å². The van der Waals surface area contributed by atoms with Gasteiger partial charge in [0, 0.05) is 25.9 Å². The number of nitrogens with zero attached hydrogens (tertiary/aromatic N) is 1. The largest absolute Gasteiger partial charge is 0.543 e. The third kappa shape index (κ3) is 4.53. The van der Waals surface area contributed by atoms with Crippen LogP contribution in [0, 0.1) is 0 Å². The fourth-order valence-corrected chi connectivity index (χ4v) is 2.16. The molecule has 0 saturated carbocycles. The minimum absolute atomic E-state index is 0.963. The molecule has 0 aliphatic rings. The number of rotatable bonds is 4. The lowest BCUT2D eigenvalue weighted by Crippen LogP contribution is -2.25. The van der Waals surface area contributed by atoms with Crippen LogP contribution in [-0.4, -0.2) is 27.3 Å². The fourth-order valence-electron chi connectivity index (χ4n) is 1.33. The van der Waals surface area contributed by atoms with Crippen LogP contribution in [0.4, 0.5) is 0 Å². The second-order valence-electron chi connectivity index (χ2n) is 5.04. The molecule has 0 bridgehead atoms. The second kappa shape index (κ2) is 5.21. The van der Waals surface area contributed by atoms with Crippen LogP contribution in [-0.2, 0) is 4.43 Å². The van der Waals surface area contributed by atoms with Crippen LogP contribution in [0.5, 0.6) is 0 Å². The summed E-state index contributed by atoms with van der Waals surface area (Å²) >= 11 is 0. The van der Waals surface area contributed by atoms with E-state index in [1.165, 1.54) is 0 Å². The molecule has 0 aromatic heterocycles. The summed E-state index contributed by atoms with van der Waals surface area (Å²) in [6.45, 7) is 6.58. The highest BCUT2D eigenvalue weighted by Crippen LogP contribution is 2.20. The molecule has 0 radical (unpaired) electrons. The van der Waals surface area contributed by atoms with Gasteiger partial charge in [-0.25, -0.2) is 0 Å². The van der Waals surface area contributed by atoms with Gasteiger partial charge in [-0.2, -0.15) is 0 Å². The van der Waals surface area contributed by atoms with Gasteiger partial charge in [-0.05, 0) is 19.6 Å². The first-order valence-electron chi connectivity index (χ1n) is 5.51. The third-order valence-corrected chi connectivity index (χ3v) is 2.68. The van der Waals surface area contributed by atoms with Gasteiger partial charge in [0.1, 0.15) is 5.76 Å². The van der Waals surface area contributed by atoms with Crippen LogP contribution < -0.4 is 0 Å². The van der Waals surface area contributed by atoms with Gasteiger partial charge in [-0.15, -0.1) is 0 Å². The lowest BCUT2D eigenvalue weighted by molar-refractivity contribution is 0.484. The second-order valence-corrected chi connectivity index (χ2v) is 9.47. The first-order valence-corrected chi connectivity index (χ1v) is 8.92. The highest BCUT2D eigenvalue weighted by Gasteiger charge is 2.18. The fraction of sp³-hybridized carbons (Fsp3) is 0.385. The maximum Gasteiger partial charge on any atom is 0.242 e. The quantitative estimate of drug-likeness (QED) is 0.586. The molecular formula is C13H21NOSi. The van der Waals surface area contributed by atoms with Crippen molar-refractivity contribution in [2.75, 3.05) is 14.1 Å². The van der Waals surface area contributed by atoms with Crippen molar-refractivity contribution >= 4 is 14.1 Å². The van der Waals surface area contributed by atoms with Crippen molar-refractivity contribution in [3.05, 3.63) is 42.1 Å². The van der Waals surface area contributed by atoms with E-state index in [0.29, 0.717) is 0 Å². The maximum absolute atomic E-state index is 6.09. The third-order valence-electron chi connectivity index (χ3n) is 1.85. The summed E-state index contributed by atoms with van der Waals surface area (Å²) in [6.07, 6.45) is 2.04.